The van der Waals surface area contributed by atoms with E-state index >= 15 is 0 Å². The Morgan fingerprint density at radius 3 is 2.74 bits per heavy atom. The Morgan fingerprint density at radius 1 is 1.26 bits per heavy atom. The maximum atomic E-state index is 11.9. The quantitative estimate of drug-likeness (QED) is 0.901. The van der Waals surface area contributed by atoms with Crippen LogP contribution in [0.2, 0.25) is 0 Å². The van der Waals surface area contributed by atoms with E-state index in [1.807, 2.05) is 30.3 Å². The van der Waals surface area contributed by atoms with E-state index in [9.17, 15) is 4.79 Å². The number of hydrogen-bond acceptors (Lipinski definition) is 2. The zero-order valence-electron chi connectivity index (χ0n) is 11.7. The fourth-order valence-corrected chi connectivity index (χ4v) is 1.85. The zero-order valence-corrected chi connectivity index (χ0v) is 11.7. The maximum Gasteiger partial charge on any atom is 0.224 e. The third-order valence-electron chi connectivity index (χ3n) is 2.98. The number of rotatable bonds is 3. The van der Waals surface area contributed by atoms with Crippen LogP contribution in [0, 0.1) is 5.41 Å². The van der Waals surface area contributed by atoms with E-state index in [0.717, 1.165) is 23.0 Å². The molecule has 3 nitrogen and oxygen atoms in total. The number of anilines is 1. The lowest BCUT2D eigenvalue weighted by Crippen LogP contribution is -2.15. The molecule has 0 aliphatic carbocycles. The zero-order chi connectivity index (χ0) is 13.9. The summed E-state index contributed by atoms with van der Waals surface area (Å²) in [5.74, 6) is 0.0482. The molecule has 100 valence electrons. The van der Waals surface area contributed by atoms with Gasteiger partial charge in [0.2, 0.25) is 5.91 Å². The first-order valence-electron chi connectivity index (χ1n) is 6.59. The Bertz CT molecular complexity index is 585. The van der Waals surface area contributed by atoms with Crippen molar-refractivity contribution in [3.05, 3.63) is 36.5 Å². The van der Waals surface area contributed by atoms with Crippen LogP contribution >= 0.6 is 0 Å². The molecule has 0 unspecified atom stereocenters. The molecule has 0 saturated carbocycles. The highest BCUT2D eigenvalue weighted by Gasteiger charge is 2.13. The molecule has 1 aromatic heterocycles. The van der Waals surface area contributed by atoms with Crippen LogP contribution in [0.5, 0.6) is 0 Å². The second-order valence-electron chi connectivity index (χ2n) is 6.03. The summed E-state index contributed by atoms with van der Waals surface area (Å²) in [4.78, 5) is 16.2. The number of hydrogen-bond donors (Lipinski definition) is 1. The number of aromatic nitrogens is 1. The summed E-state index contributed by atoms with van der Waals surface area (Å²) >= 11 is 0. The highest BCUT2D eigenvalue weighted by molar-refractivity contribution is 5.93. The second kappa shape index (κ2) is 5.39. The minimum Gasteiger partial charge on any atom is -0.325 e. The number of benzene rings is 1. The van der Waals surface area contributed by atoms with Crippen molar-refractivity contribution in [1.29, 1.82) is 0 Å². The van der Waals surface area contributed by atoms with E-state index < -0.39 is 0 Å². The molecule has 0 atom stereocenters. The van der Waals surface area contributed by atoms with Gasteiger partial charge in [-0.15, -0.1) is 0 Å². The van der Waals surface area contributed by atoms with E-state index in [1.54, 1.807) is 6.20 Å². The number of para-hydroxylation sites is 1. The topological polar surface area (TPSA) is 42.0 Å². The lowest BCUT2D eigenvalue weighted by molar-refractivity contribution is -0.116. The van der Waals surface area contributed by atoms with Gasteiger partial charge in [0.25, 0.3) is 0 Å². The number of amides is 1. The van der Waals surface area contributed by atoms with Crippen molar-refractivity contribution in [3.8, 4) is 0 Å². The standard InChI is InChI=1S/C16H20N2O/c1-16(2,3)9-8-15(19)18-13-10-12-6-4-5-7-14(12)17-11-13/h4-7,10-11H,8-9H2,1-3H3,(H,18,19). The Balaban J connectivity index is 2.03. The molecular formula is C16H20N2O. The third kappa shape index (κ3) is 4.05. The Hall–Kier alpha value is -1.90. The van der Waals surface area contributed by atoms with Gasteiger partial charge in [-0.05, 0) is 24.0 Å². The van der Waals surface area contributed by atoms with Crippen LogP contribution in [0.3, 0.4) is 0 Å². The van der Waals surface area contributed by atoms with Gasteiger partial charge in [0, 0.05) is 11.8 Å². The Morgan fingerprint density at radius 2 is 2.00 bits per heavy atom. The lowest BCUT2D eigenvalue weighted by atomic mass is 9.90. The highest BCUT2D eigenvalue weighted by atomic mass is 16.1. The molecule has 0 fully saturated rings. The SMILES string of the molecule is CC(C)(C)CCC(=O)Nc1cnc2ccccc2c1. The fourth-order valence-electron chi connectivity index (χ4n) is 1.85. The van der Waals surface area contributed by atoms with Gasteiger partial charge in [-0.2, -0.15) is 0 Å². The van der Waals surface area contributed by atoms with Crippen LogP contribution in [0.1, 0.15) is 33.6 Å². The number of nitrogens with one attached hydrogen (secondary N) is 1. The van der Waals surface area contributed by atoms with Crippen molar-refractivity contribution in [1.82, 2.24) is 4.98 Å². The summed E-state index contributed by atoms with van der Waals surface area (Å²) in [7, 11) is 0. The van der Waals surface area contributed by atoms with Gasteiger partial charge >= 0.3 is 0 Å². The predicted molar refractivity (Wildman–Crippen MR) is 79.1 cm³/mol. The van der Waals surface area contributed by atoms with E-state index in [4.69, 9.17) is 0 Å². The van der Waals surface area contributed by atoms with E-state index in [0.29, 0.717) is 6.42 Å². The summed E-state index contributed by atoms with van der Waals surface area (Å²) in [6.45, 7) is 6.41. The van der Waals surface area contributed by atoms with Crippen molar-refractivity contribution in [2.75, 3.05) is 5.32 Å². The Kier molecular flexibility index (Phi) is 3.84. The minimum absolute atomic E-state index is 0.0482. The van der Waals surface area contributed by atoms with Crippen LogP contribution in [0.15, 0.2) is 36.5 Å². The molecule has 2 rings (SSSR count). The van der Waals surface area contributed by atoms with Gasteiger partial charge in [-0.3, -0.25) is 9.78 Å². The first kappa shape index (κ1) is 13.5. The highest BCUT2D eigenvalue weighted by Crippen LogP contribution is 2.21. The van der Waals surface area contributed by atoms with Crippen molar-refractivity contribution in [3.63, 3.8) is 0 Å². The van der Waals surface area contributed by atoms with Crippen LogP contribution in [0.25, 0.3) is 10.9 Å². The molecule has 0 aliphatic rings. The van der Waals surface area contributed by atoms with Crippen molar-refractivity contribution in [2.45, 2.75) is 33.6 Å². The number of pyridine rings is 1. The van der Waals surface area contributed by atoms with Crippen molar-refractivity contribution < 1.29 is 4.79 Å². The van der Waals surface area contributed by atoms with Gasteiger partial charge in [-0.25, -0.2) is 0 Å². The van der Waals surface area contributed by atoms with E-state index in [2.05, 4.69) is 31.1 Å². The summed E-state index contributed by atoms with van der Waals surface area (Å²) in [6.07, 6.45) is 3.12. The maximum absolute atomic E-state index is 11.9. The third-order valence-corrected chi connectivity index (χ3v) is 2.98. The molecule has 1 aromatic carbocycles. The largest absolute Gasteiger partial charge is 0.325 e. The summed E-state index contributed by atoms with van der Waals surface area (Å²) in [5.41, 5.74) is 1.88. The van der Waals surface area contributed by atoms with Gasteiger partial charge in [0.05, 0.1) is 17.4 Å². The molecule has 3 heteroatoms. The van der Waals surface area contributed by atoms with Gasteiger partial charge in [0.15, 0.2) is 0 Å². The molecule has 0 radical (unpaired) electrons. The lowest BCUT2D eigenvalue weighted by Gasteiger charge is -2.17. The number of carbonyl (C=O) groups is 1. The van der Waals surface area contributed by atoms with Crippen LogP contribution in [0.4, 0.5) is 5.69 Å². The van der Waals surface area contributed by atoms with E-state index in [1.165, 1.54) is 0 Å². The van der Waals surface area contributed by atoms with Crippen molar-refractivity contribution in [2.24, 2.45) is 5.41 Å². The summed E-state index contributed by atoms with van der Waals surface area (Å²) in [5, 5.41) is 3.94. The van der Waals surface area contributed by atoms with Gasteiger partial charge < -0.3 is 5.32 Å². The molecule has 1 amide bonds. The fraction of sp³-hybridized carbons (Fsp3) is 0.375. The molecule has 0 saturated heterocycles. The predicted octanol–water partition coefficient (Wildman–Crippen LogP) is 4.00. The second-order valence-corrected chi connectivity index (χ2v) is 6.03. The van der Waals surface area contributed by atoms with Gasteiger partial charge in [0.1, 0.15) is 0 Å². The molecule has 0 aliphatic heterocycles. The number of fused-ring (bicyclic) bond motifs is 1. The van der Waals surface area contributed by atoms with Gasteiger partial charge in [-0.1, -0.05) is 39.0 Å². The Labute approximate surface area is 114 Å². The average molecular weight is 256 g/mol. The number of nitrogens with zero attached hydrogens (tertiary/aromatic N) is 1. The average Bonchev–Trinajstić information content (AvgIpc) is 2.35. The van der Waals surface area contributed by atoms with Crippen LogP contribution in [-0.2, 0) is 4.79 Å². The van der Waals surface area contributed by atoms with Crippen LogP contribution in [-0.4, -0.2) is 10.9 Å². The first-order valence-corrected chi connectivity index (χ1v) is 6.59. The van der Waals surface area contributed by atoms with E-state index in [-0.39, 0.29) is 11.3 Å². The summed E-state index contributed by atoms with van der Waals surface area (Å²) in [6, 6.07) is 9.83. The minimum atomic E-state index is 0.0482. The molecule has 2 aromatic rings. The van der Waals surface area contributed by atoms with Crippen LogP contribution < -0.4 is 5.32 Å². The molecular weight excluding hydrogens is 236 g/mol. The molecule has 0 spiro atoms. The first-order chi connectivity index (χ1) is 8.94. The monoisotopic (exact) mass is 256 g/mol. The summed E-state index contributed by atoms with van der Waals surface area (Å²) < 4.78 is 0. The van der Waals surface area contributed by atoms with Crippen molar-refractivity contribution >= 4 is 22.5 Å². The normalized spacial score (nSPS) is 11.5. The molecule has 0 bridgehead atoms. The molecule has 1 N–H and O–H groups in total. The molecule has 19 heavy (non-hydrogen) atoms. The molecule has 1 heterocycles. The smallest absolute Gasteiger partial charge is 0.224 e. The number of carbonyl (C=O) groups excluding carboxylic acids is 1.